The van der Waals surface area contributed by atoms with E-state index in [2.05, 4.69) is 24.0 Å². The highest BCUT2D eigenvalue weighted by Gasteiger charge is 2.15. The number of nitrogens with one attached hydrogen (secondary N) is 1. The van der Waals surface area contributed by atoms with Crippen LogP contribution in [0.5, 0.6) is 0 Å². The van der Waals surface area contributed by atoms with Crippen LogP contribution in [0.15, 0.2) is 76.8 Å². The molecule has 0 fully saturated rings. The van der Waals surface area contributed by atoms with E-state index in [-0.39, 0.29) is 25.0 Å². The van der Waals surface area contributed by atoms with Crippen molar-refractivity contribution in [1.29, 1.82) is 0 Å². The smallest absolute Gasteiger partial charge is 0.317 e. The van der Waals surface area contributed by atoms with Crippen molar-refractivity contribution in [2.45, 2.75) is 38.9 Å². The van der Waals surface area contributed by atoms with Gasteiger partial charge in [0.05, 0.1) is 11.0 Å². The molecule has 0 radical (unpaired) electrons. The van der Waals surface area contributed by atoms with Crippen LogP contribution in [0.3, 0.4) is 0 Å². The van der Waals surface area contributed by atoms with Crippen LogP contribution >= 0.6 is 0 Å². The first-order valence-corrected chi connectivity index (χ1v) is 9.68. The maximum Gasteiger partial charge on any atom is 0.317 e. The standard InChI is InChI=1S/C23H25N3O3/c1-3-15-25-19-11-7-8-12-20(19)26(23(29)22(25)28)16-21(27)24-17(2)13-14-18-9-5-4-6-10-18/h3-12,17H,1,13-16H2,2H3,(H,24,27)/t17-/m1/s1. The molecule has 6 heteroatoms. The predicted molar refractivity (Wildman–Crippen MR) is 115 cm³/mol. The number of fused-ring (bicyclic) bond motifs is 1. The van der Waals surface area contributed by atoms with Crippen LogP contribution in [0.25, 0.3) is 11.0 Å². The number of hydrogen-bond acceptors (Lipinski definition) is 3. The molecular formula is C23H25N3O3. The van der Waals surface area contributed by atoms with Gasteiger partial charge in [-0.05, 0) is 37.5 Å². The summed E-state index contributed by atoms with van der Waals surface area (Å²) in [6.07, 6.45) is 3.20. The average molecular weight is 391 g/mol. The lowest BCUT2D eigenvalue weighted by Gasteiger charge is -2.17. The second kappa shape index (κ2) is 9.19. The number of rotatable bonds is 8. The van der Waals surface area contributed by atoms with Crippen molar-refractivity contribution in [2.24, 2.45) is 0 Å². The summed E-state index contributed by atoms with van der Waals surface area (Å²) in [5.74, 6) is -0.293. The first-order chi connectivity index (χ1) is 14.0. The van der Waals surface area contributed by atoms with Crippen LogP contribution in [-0.2, 0) is 24.3 Å². The third-order valence-electron chi connectivity index (χ3n) is 4.87. The van der Waals surface area contributed by atoms with E-state index >= 15 is 0 Å². The molecule has 6 nitrogen and oxygen atoms in total. The summed E-state index contributed by atoms with van der Waals surface area (Å²) in [7, 11) is 0. The number of carbonyl (C=O) groups is 1. The third-order valence-corrected chi connectivity index (χ3v) is 4.87. The molecule has 1 aromatic heterocycles. The largest absolute Gasteiger partial charge is 0.352 e. The Balaban J connectivity index is 1.77. The number of aromatic nitrogens is 2. The molecule has 3 rings (SSSR count). The van der Waals surface area contributed by atoms with Crippen molar-refractivity contribution in [3.05, 3.63) is 93.5 Å². The third kappa shape index (κ3) is 4.71. The summed E-state index contributed by atoms with van der Waals surface area (Å²) in [5, 5.41) is 2.93. The highest BCUT2D eigenvalue weighted by molar-refractivity contribution is 5.80. The number of para-hydroxylation sites is 2. The van der Waals surface area contributed by atoms with E-state index in [0.717, 1.165) is 12.8 Å². The van der Waals surface area contributed by atoms with E-state index in [1.807, 2.05) is 25.1 Å². The zero-order valence-corrected chi connectivity index (χ0v) is 16.5. The Morgan fingerprint density at radius 1 is 1.00 bits per heavy atom. The Morgan fingerprint density at radius 2 is 1.59 bits per heavy atom. The molecule has 29 heavy (non-hydrogen) atoms. The second-order valence-corrected chi connectivity index (χ2v) is 7.08. The molecule has 0 aliphatic carbocycles. The fourth-order valence-corrected chi connectivity index (χ4v) is 3.40. The Morgan fingerprint density at radius 3 is 2.24 bits per heavy atom. The van der Waals surface area contributed by atoms with Crippen LogP contribution in [-0.4, -0.2) is 21.1 Å². The van der Waals surface area contributed by atoms with E-state index in [9.17, 15) is 14.4 Å². The molecule has 0 saturated carbocycles. The lowest BCUT2D eigenvalue weighted by atomic mass is 10.1. The number of benzene rings is 2. The van der Waals surface area contributed by atoms with Crippen molar-refractivity contribution in [3.63, 3.8) is 0 Å². The molecular weight excluding hydrogens is 366 g/mol. The number of nitrogens with zero attached hydrogens (tertiary/aromatic N) is 2. The van der Waals surface area contributed by atoms with E-state index < -0.39 is 11.1 Å². The van der Waals surface area contributed by atoms with Crippen LogP contribution in [0.4, 0.5) is 0 Å². The SMILES string of the molecule is C=CCn1c(=O)c(=O)n(CC(=O)N[C@H](C)CCc2ccccc2)c2ccccc21. The number of carbonyl (C=O) groups excluding carboxylic acids is 1. The molecule has 3 aromatic rings. The molecule has 1 heterocycles. The lowest BCUT2D eigenvalue weighted by molar-refractivity contribution is -0.122. The molecule has 1 amide bonds. The molecule has 0 aliphatic heterocycles. The van der Waals surface area contributed by atoms with E-state index in [4.69, 9.17) is 0 Å². The van der Waals surface area contributed by atoms with Gasteiger partial charge in [0, 0.05) is 12.6 Å². The molecule has 0 spiro atoms. The van der Waals surface area contributed by atoms with E-state index in [1.165, 1.54) is 14.7 Å². The number of aryl methyl sites for hydroxylation is 1. The summed E-state index contributed by atoms with van der Waals surface area (Å²) < 4.78 is 2.62. The molecule has 2 aromatic carbocycles. The number of amides is 1. The van der Waals surface area contributed by atoms with Gasteiger partial charge in [-0.25, -0.2) is 0 Å². The van der Waals surface area contributed by atoms with Gasteiger partial charge in [0.2, 0.25) is 5.91 Å². The minimum absolute atomic E-state index is 0.0502. The normalized spacial score (nSPS) is 11.9. The summed E-state index contributed by atoms with van der Waals surface area (Å²) in [4.78, 5) is 37.7. The Hall–Kier alpha value is -3.41. The van der Waals surface area contributed by atoms with Gasteiger partial charge in [0.1, 0.15) is 6.54 Å². The van der Waals surface area contributed by atoms with Crippen LogP contribution < -0.4 is 16.4 Å². The highest BCUT2D eigenvalue weighted by Crippen LogP contribution is 2.11. The molecule has 0 saturated heterocycles. The van der Waals surface area contributed by atoms with Gasteiger partial charge in [-0.3, -0.25) is 23.5 Å². The summed E-state index contributed by atoms with van der Waals surface area (Å²) in [6, 6.07) is 17.1. The first-order valence-electron chi connectivity index (χ1n) is 9.68. The minimum Gasteiger partial charge on any atom is -0.352 e. The maximum absolute atomic E-state index is 12.6. The number of allylic oxidation sites excluding steroid dienone is 1. The van der Waals surface area contributed by atoms with Crippen LogP contribution in [0.1, 0.15) is 18.9 Å². The average Bonchev–Trinajstić information content (AvgIpc) is 2.73. The van der Waals surface area contributed by atoms with Crippen molar-refractivity contribution in [3.8, 4) is 0 Å². The number of hydrogen-bond donors (Lipinski definition) is 1. The summed E-state index contributed by atoms with van der Waals surface area (Å²) in [5.41, 5.74) is 0.987. The van der Waals surface area contributed by atoms with Gasteiger partial charge in [0.25, 0.3) is 0 Å². The molecule has 150 valence electrons. The molecule has 0 bridgehead atoms. The molecule has 0 aliphatic rings. The molecule has 1 atom stereocenters. The fourth-order valence-electron chi connectivity index (χ4n) is 3.40. The Bertz CT molecular complexity index is 1130. The van der Waals surface area contributed by atoms with E-state index in [1.54, 1.807) is 30.3 Å². The van der Waals surface area contributed by atoms with Gasteiger partial charge in [0.15, 0.2) is 0 Å². The Labute approximate surface area is 169 Å². The Kier molecular flexibility index (Phi) is 6.44. The fraction of sp³-hybridized carbons (Fsp3) is 0.261. The van der Waals surface area contributed by atoms with Gasteiger partial charge in [-0.2, -0.15) is 0 Å². The zero-order valence-electron chi connectivity index (χ0n) is 16.5. The zero-order chi connectivity index (χ0) is 20.8. The van der Waals surface area contributed by atoms with Crippen molar-refractivity contribution in [2.75, 3.05) is 0 Å². The van der Waals surface area contributed by atoms with Crippen LogP contribution in [0, 0.1) is 0 Å². The van der Waals surface area contributed by atoms with Crippen molar-refractivity contribution >= 4 is 16.9 Å². The van der Waals surface area contributed by atoms with Gasteiger partial charge >= 0.3 is 11.1 Å². The first kappa shape index (κ1) is 20.3. The molecule has 0 unspecified atom stereocenters. The van der Waals surface area contributed by atoms with Gasteiger partial charge < -0.3 is 5.32 Å². The van der Waals surface area contributed by atoms with Crippen molar-refractivity contribution < 1.29 is 4.79 Å². The van der Waals surface area contributed by atoms with Crippen molar-refractivity contribution in [1.82, 2.24) is 14.5 Å². The van der Waals surface area contributed by atoms with Crippen LogP contribution in [0.2, 0.25) is 0 Å². The maximum atomic E-state index is 12.6. The quantitative estimate of drug-likeness (QED) is 0.474. The minimum atomic E-state index is -0.711. The highest BCUT2D eigenvalue weighted by atomic mass is 16.2. The predicted octanol–water partition coefficient (Wildman–Crippen LogP) is 2.49. The van der Waals surface area contributed by atoms with E-state index in [0.29, 0.717) is 11.0 Å². The second-order valence-electron chi connectivity index (χ2n) is 7.08. The van der Waals surface area contributed by atoms with Gasteiger partial charge in [-0.1, -0.05) is 48.5 Å². The summed E-state index contributed by atoms with van der Waals surface area (Å²) >= 11 is 0. The topological polar surface area (TPSA) is 73.1 Å². The lowest BCUT2D eigenvalue weighted by Crippen LogP contribution is -2.44. The monoisotopic (exact) mass is 391 g/mol. The molecule has 1 N–H and O–H groups in total. The summed E-state index contributed by atoms with van der Waals surface area (Å²) in [6.45, 7) is 5.62. The van der Waals surface area contributed by atoms with Gasteiger partial charge in [-0.15, -0.1) is 6.58 Å².